The zero-order valence-electron chi connectivity index (χ0n) is 13.3. The maximum Gasteiger partial charge on any atom is 0.279 e. The van der Waals surface area contributed by atoms with Gasteiger partial charge in [-0.3, -0.25) is 20.4 Å². The van der Waals surface area contributed by atoms with Crippen LogP contribution in [0, 0.1) is 11.6 Å². The van der Waals surface area contributed by atoms with Crippen molar-refractivity contribution < 1.29 is 23.1 Å². The molecule has 7 heteroatoms. The molecule has 0 aliphatic heterocycles. The summed E-state index contributed by atoms with van der Waals surface area (Å²) < 4.78 is 31.4. The lowest BCUT2D eigenvalue weighted by Gasteiger charge is -2.15. The first-order valence-electron chi connectivity index (χ1n) is 7.40. The van der Waals surface area contributed by atoms with Crippen LogP contribution in [0.5, 0.6) is 5.75 Å². The number of hydrazine groups is 1. The van der Waals surface area contributed by atoms with E-state index < -0.39 is 23.7 Å². The molecule has 0 saturated carbocycles. The summed E-state index contributed by atoms with van der Waals surface area (Å²) in [6, 6.07) is 11.2. The molecule has 1 unspecified atom stereocenters. The number of rotatable bonds is 5. The molecule has 2 rings (SSSR count). The van der Waals surface area contributed by atoms with E-state index in [1.165, 1.54) is 61.5 Å². The Kier molecular flexibility index (Phi) is 6.22. The van der Waals surface area contributed by atoms with E-state index in [1.807, 2.05) is 0 Å². The van der Waals surface area contributed by atoms with Crippen molar-refractivity contribution in [1.82, 2.24) is 10.9 Å². The van der Waals surface area contributed by atoms with Crippen LogP contribution >= 0.6 is 0 Å². The minimum atomic E-state index is -1.02. The number of ether oxygens (including phenoxy) is 1. The highest BCUT2D eigenvalue weighted by atomic mass is 19.1. The first-order chi connectivity index (χ1) is 12.0. The van der Waals surface area contributed by atoms with Crippen molar-refractivity contribution in [2.45, 2.75) is 13.0 Å². The number of hydrogen-bond donors (Lipinski definition) is 2. The maximum atomic E-state index is 13.5. The lowest BCUT2D eigenvalue weighted by Crippen LogP contribution is -2.46. The normalized spacial score (nSPS) is 11.8. The Morgan fingerprint density at radius 1 is 1.04 bits per heavy atom. The van der Waals surface area contributed by atoms with Gasteiger partial charge in [0.25, 0.3) is 11.8 Å². The van der Waals surface area contributed by atoms with E-state index in [0.717, 1.165) is 0 Å². The monoisotopic (exact) mass is 346 g/mol. The summed E-state index contributed by atoms with van der Waals surface area (Å²) in [5.41, 5.74) is 4.97. The largest absolute Gasteiger partial charge is 0.478 e. The van der Waals surface area contributed by atoms with Crippen LogP contribution in [0.15, 0.2) is 54.6 Å². The number of carbonyl (C=O) groups excluding carboxylic acids is 2. The Morgan fingerprint density at radius 3 is 2.40 bits per heavy atom. The number of amides is 2. The molecule has 2 amide bonds. The number of carbonyl (C=O) groups is 2. The molecule has 25 heavy (non-hydrogen) atoms. The molecule has 1 atom stereocenters. The van der Waals surface area contributed by atoms with E-state index in [4.69, 9.17) is 4.74 Å². The number of para-hydroxylation sites is 1. The van der Waals surface area contributed by atoms with Crippen LogP contribution in [0.25, 0.3) is 6.08 Å². The van der Waals surface area contributed by atoms with Crippen LogP contribution in [0.4, 0.5) is 8.78 Å². The second-order valence-corrected chi connectivity index (χ2v) is 5.05. The van der Waals surface area contributed by atoms with Crippen LogP contribution in [0.1, 0.15) is 12.5 Å². The highest BCUT2D eigenvalue weighted by molar-refractivity contribution is 5.93. The third kappa shape index (κ3) is 5.72. The second-order valence-electron chi connectivity index (χ2n) is 5.05. The van der Waals surface area contributed by atoms with Crippen molar-refractivity contribution in [3.8, 4) is 5.75 Å². The summed E-state index contributed by atoms with van der Waals surface area (Å²) in [4.78, 5) is 23.5. The van der Waals surface area contributed by atoms with Gasteiger partial charge in [-0.15, -0.1) is 0 Å². The number of halogens is 2. The lowest BCUT2D eigenvalue weighted by molar-refractivity contribution is -0.131. The van der Waals surface area contributed by atoms with E-state index >= 15 is 0 Å². The van der Waals surface area contributed by atoms with Gasteiger partial charge in [0.2, 0.25) is 0 Å². The fourth-order valence-corrected chi connectivity index (χ4v) is 1.80. The van der Waals surface area contributed by atoms with Gasteiger partial charge in [0, 0.05) is 6.08 Å². The van der Waals surface area contributed by atoms with Gasteiger partial charge in [0.05, 0.1) is 0 Å². The van der Waals surface area contributed by atoms with E-state index in [9.17, 15) is 18.4 Å². The Balaban J connectivity index is 1.81. The smallest absolute Gasteiger partial charge is 0.279 e. The molecule has 5 nitrogen and oxygen atoms in total. The fourth-order valence-electron chi connectivity index (χ4n) is 1.80. The average molecular weight is 346 g/mol. The molecule has 0 fully saturated rings. The Morgan fingerprint density at radius 2 is 1.72 bits per heavy atom. The first-order valence-corrected chi connectivity index (χ1v) is 7.40. The molecule has 130 valence electrons. The molecule has 0 aromatic heterocycles. The standard InChI is InChI=1S/C18H16F2N2O3/c1-12(25-16-5-3-2-4-15(16)20)18(24)22-21-17(23)11-8-13-6-9-14(19)10-7-13/h2-12H,1H3,(H,21,23)(H,22,24). The third-order valence-corrected chi connectivity index (χ3v) is 3.12. The Labute approximate surface area is 143 Å². The molecule has 2 aromatic carbocycles. The quantitative estimate of drug-likeness (QED) is 0.646. The molecular weight excluding hydrogens is 330 g/mol. The fraction of sp³-hybridized carbons (Fsp3) is 0.111. The van der Waals surface area contributed by atoms with Crippen LogP contribution < -0.4 is 15.6 Å². The van der Waals surface area contributed by atoms with Gasteiger partial charge in [0.1, 0.15) is 5.82 Å². The number of benzene rings is 2. The second kappa shape index (κ2) is 8.58. The van der Waals surface area contributed by atoms with Crippen LogP contribution in [-0.2, 0) is 9.59 Å². The predicted molar refractivity (Wildman–Crippen MR) is 88.2 cm³/mol. The highest BCUT2D eigenvalue weighted by Crippen LogP contribution is 2.16. The van der Waals surface area contributed by atoms with Crippen LogP contribution in [-0.4, -0.2) is 17.9 Å². The Bertz CT molecular complexity index is 776. The molecular formula is C18H16F2N2O3. The minimum Gasteiger partial charge on any atom is -0.478 e. The number of hydrogen-bond acceptors (Lipinski definition) is 3. The van der Waals surface area contributed by atoms with Crippen molar-refractivity contribution in [2.75, 3.05) is 0 Å². The van der Waals surface area contributed by atoms with E-state index in [1.54, 1.807) is 6.07 Å². The molecule has 0 spiro atoms. The average Bonchev–Trinajstić information content (AvgIpc) is 2.61. The van der Waals surface area contributed by atoms with Gasteiger partial charge >= 0.3 is 0 Å². The predicted octanol–water partition coefficient (Wildman–Crippen LogP) is 2.59. The van der Waals surface area contributed by atoms with Gasteiger partial charge in [-0.05, 0) is 42.8 Å². The topological polar surface area (TPSA) is 67.4 Å². The maximum absolute atomic E-state index is 13.5. The molecule has 2 N–H and O–H groups in total. The summed E-state index contributed by atoms with van der Waals surface area (Å²) >= 11 is 0. The molecule has 2 aromatic rings. The SMILES string of the molecule is CC(Oc1ccccc1F)C(=O)NNC(=O)C=Cc1ccc(F)cc1. The summed E-state index contributed by atoms with van der Waals surface area (Å²) in [6.45, 7) is 1.42. The zero-order valence-corrected chi connectivity index (χ0v) is 13.3. The van der Waals surface area contributed by atoms with Crippen molar-refractivity contribution in [3.63, 3.8) is 0 Å². The third-order valence-electron chi connectivity index (χ3n) is 3.12. The summed E-state index contributed by atoms with van der Waals surface area (Å²) in [7, 11) is 0. The molecule has 0 radical (unpaired) electrons. The Hall–Kier alpha value is -3.22. The highest BCUT2D eigenvalue weighted by Gasteiger charge is 2.16. The molecule has 0 bridgehead atoms. The van der Waals surface area contributed by atoms with E-state index in [0.29, 0.717) is 5.56 Å². The van der Waals surface area contributed by atoms with Gasteiger partial charge in [-0.25, -0.2) is 8.78 Å². The van der Waals surface area contributed by atoms with Crippen molar-refractivity contribution in [3.05, 3.63) is 71.8 Å². The van der Waals surface area contributed by atoms with Crippen molar-refractivity contribution in [1.29, 1.82) is 0 Å². The van der Waals surface area contributed by atoms with Gasteiger partial charge in [-0.1, -0.05) is 24.3 Å². The summed E-state index contributed by atoms with van der Waals surface area (Å²) in [6.07, 6.45) is 1.62. The zero-order chi connectivity index (χ0) is 18.2. The molecule has 0 aliphatic carbocycles. The molecule has 0 aliphatic rings. The molecule has 0 heterocycles. The van der Waals surface area contributed by atoms with E-state index in [-0.39, 0.29) is 11.6 Å². The van der Waals surface area contributed by atoms with Gasteiger partial charge < -0.3 is 4.74 Å². The minimum absolute atomic E-state index is 0.0623. The summed E-state index contributed by atoms with van der Waals surface area (Å²) in [5, 5.41) is 0. The van der Waals surface area contributed by atoms with Crippen LogP contribution in [0.2, 0.25) is 0 Å². The lowest BCUT2D eigenvalue weighted by atomic mass is 10.2. The number of nitrogens with one attached hydrogen (secondary N) is 2. The first kappa shape index (κ1) is 18.1. The van der Waals surface area contributed by atoms with Crippen molar-refractivity contribution >= 4 is 17.9 Å². The van der Waals surface area contributed by atoms with Gasteiger partial charge in [-0.2, -0.15) is 0 Å². The van der Waals surface area contributed by atoms with Gasteiger partial charge in [0.15, 0.2) is 17.7 Å². The summed E-state index contributed by atoms with van der Waals surface area (Å²) in [5.74, 6) is -2.26. The van der Waals surface area contributed by atoms with Crippen LogP contribution in [0.3, 0.4) is 0 Å². The van der Waals surface area contributed by atoms with E-state index in [2.05, 4.69) is 10.9 Å². The molecule has 0 saturated heterocycles. The van der Waals surface area contributed by atoms with Crippen molar-refractivity contribution in [2.24, 2.45) is 0 Å².